The Morgan fingerprint density at radius 2 is 1.64 bits per heavy atom. The molecule has 0 unspecified atom stereocenters. The number of ether oxygens (including phenoxy) is 4. The minimum Gasteiger partial charge on any atom is -0.494 e. The number of rotatable bonds is 9. The lowest BCUT2D eigenvalue weighted by atomic mass is 10.0. The molecule has 1 aliphatic heterocycles. The molecule has 6 heteroatoms. The Morgan fingerprint density at radius 1 is 1.04 bits per heavy atom. The van der Waals surface area contributed by atoms with E-state index in [2.05, 4.69) is 0 Å². The van der Waals surface area contributed by atoms with Crippen molar-refractivity contribution in [2.24, 2.45) is 5.92 Å². The molecule has 2 aromatic carbocycles. The van der Waals surface area contributed by atoms with Crippen molar-refractivity contribution in [1.82, 2.24) is 0 Å². The Labute approximate surface area is 165 Å². The quantitative estimate of drug-likeness (QED) is 0.659. The van der Waals surface area contributed by atoms with Crippen LogP contribution in [0.1, 0.15) is 25.3 Å². The first-order chi connectivity index (χ1) is 13.5. The highest BCUT2D eigenvalue weighted by Gasteiger charge is 2.40. The van der Waals surface area contributed by atoms with Gasteiger partial charge in [0.15, 0.2) is 0 Å². The van der Waals surface area contributed by atoms with Crippen LogP contribution in [0, 0.1) is 5.92 Å². The minimum atomic E-state index is -1.52. The summed E-state index contributed by atoms with van der Waals surface area (Å²) in [6.45, 7) is 3.32. The Bertz CT molecular complexity index is 735. The van der Waals surface area contributed by atoms with Gasteiger partial charge in [-0.1, -0.05) is 30.3 Å². The van der Waals surface area contributed by atoms with Crippen molar-refractivity contribution in [3.63, 3.8) is 0 Å². The topological polar surface area (TPSA) is 74.2 Å². The zero-order valence-electron chi connectivity index (χ0n) is 16.0. The normalized spacial score (nSPS) is 21.8. The molecule has 150 valence electrons. The van der Waals surface area contributed by atoms with E-state index in [1.807, 2.05) is 54.6 Å². The summed E-state index contributed by atoms with van der Waals surface area (Å²) in [7, 11) is 0. The predicted octanol–water partition coefficient (Wildman–Crippen LogP) is 3.89. The zero-order valence-corrected chi connectivity index (χ0v) is 16.0. The third-order valence-corrected chi connectivity index (χ3v) is 4.67. The molecule has 1 N–H and O–H groups in total. The molecular formula is C22H26O6. The van der Waals surface area contributed by atoms with Gasteiger partial charge in [-0.05, 0) is 42.7 Å². The highest BCUT2D eigenvalue weighted by Crippen LogP contribution is 2.24. The third-order valence-electron chi connectivity index (χ3n) is 4.67. The summed E-state index contributed by atoms with van der Waals surface area (Å²) in [5.74, 6) is -0.830. The van der Waals surface area contributed by atoms with Gasteiger partial charge in [0.25, 0.3) is 5.79 Å². The monoisotopic (exact) mass is 386 g/mol. The molecule has 1 heterocycles. The van der Waals surface area contributed by atoms with Crippen molar-refractivity contribution in [3.8, 4) is 11.5 Å². The van der Waals surface area contributed by atoms with Crippen LogP contribution in [-0.2, 0) is 20.9 Å². The number of hydrogen-bond donors (Lipinski definition) is 1. The fourth-order valence-corrected chi connectivity index (χ4v) is 2.87. The number of hydrogen-bond acceptors (Lipinski definition) is 5. The first-order valence-corrected chi connectivity index (χ1v) is 9.46. The smallest absolute Gasteiger partial charge is 0.364 e. The van der Waals surface area contributed by atoms with Gasteiger partial charge in [-0.15, -0.1) is 0 Å². The molecule has 0 spiro atoms. The Balaban J connectivity index is 1.33. The van der Waals surface area contributed by atoms with E-state index in [4.69, 9.17) is 24.1 Å². The molecular weight excluding hydrogens is 360 g/mol. The van der Waals surface area contributed by atoms with Gasteiger partial charge in [0, 0.05) is 12.8 Å². The van der Waals surface area contributed by atoms with Crippen LogP contribution in [0.25, 0.3) is 0 Å². The summed E-state index contributed by atoms with van der Waals surface area (Å²) < 4.78 is 22.2. The van der Waals surface area contributed by atoms with Crippen molar-refractivity contribution >= 4 is 5.97 Å². The summed E-state index contributed by atoms with van der Waals surface area (Å²) in [6, 6.07) is 17.6. The summed E-state index contributed by atoms with van der Waals surface area (Å²) in [5.41, 5.74) is 1.13. The SMILES string of the molecule is CC1(C(=O)O)OCC(CCCOc2ccc(OCc3ccccc3)cc2)CO1. The van der Waals surface area contributed by atoms with Gasteiger partial charge in [0.2, 0.25) is 0 Å². The van der Waals surface area contributed by atoms with E-state index < -0.39 is 11.8 Å². The number of aliphatic carboxylic acids is 1. The maximum atomic E-state index is 11.1. The highest BCUT2D eigenvalue weighted by molar-refractivity contribution is 5.75. The fraction of sp³-hybridized carbons (Fsp3) is 0.409. The van der Waals surface area contributed by atoms with E-state index in [1.165, 1.54) is 6.92 Å². The lowest BCUT2D eigenvalue weighted by molar-refractivity contribution is -0.271. The van der Waals surface area contributed by atoms with E-state index >= 15 is 0 Å². The minimum absolute atomic E-state index is 0.185. The number of benzene rings is 2. The van der Waals surface area contributed by atoms with E-state index in [-0.39, 0.29) is 5.92 Å². The molecule has 0 aromatic heterocycles. The standard InChI is InChI=1S/C22H26O6/c1-22(21(23)24)27-15-18(16-28-22)8-5-13-25-19-9-11-20(12-10-19)26-14-17-6-3-2-4-7-17/h2-4,6-7,9-12,18H,5,8,13-16H2,1H3,(H,23,24). The van der Waals surface area contributed by atoms with Crippen LogP contribution in [0.15, 0.2) is 54.6 Å². The van der Waals surface area contributed by atoms with Crippen LogP contribution in [-0.4, -0.2) is 36.7 Å². The lowest BCUT2D eigenvalue weighted by Crippen LogP contribution is -2.47. The van der Waals surface area contributed by atoms with E-state index in [1.54, 1.807) is 0 Å². The lowest BCUT2D eigenvalue weighted by Gasteiger charge is -2.34. The molecule has 0 atom stereocenters. The molecule has 6 nitrogen and oxygen atoms in total. The van der Waals surface area contributed by atoms with E-state index in [0.717, 1.165) is 29.9 Å². The largest absolute Gasteiger partial charge is 0.494 e. The Kier molecular flexibility index (Phi) is 6.90. The van der Waals surface area contributed by atoms with Gasteiger partial charge in [-0.3, -0.25) is 0 Å². The van der Waals surface area contributed by atoms with Gasteiger partial charge >= 0.3 is 5.97 Å². The van der Waals surface area contributed by atoms with Crippen LogP contribution in [0.4, 0.5) is 0 Å². The molecule has 1 saturated heterocycles. The van der Waals surface area contributed by atoms with Gasteiger partial charge < -0.3 is 24.1 Å². The summed E-state index contributed by atoms with van der Waals surface area (Å²) in [6.07, 6.45) is 1.70. The van der Waals surface area contributed by atoms with Crippen LogP contribution >= 0.6 is 0 Å². The maximum absolute atomic E-state index is 11.1. The first kappa shape index (κ1) is 20.2. The van der Waals surface area contributed by atoms with Crippen molar-refractivity contribution in [2.75, 3.05) is 19.8 Å². The maximum Gasteiger partial charge on any atom is 0.364 e. The van der Waals surface area contributed by atoms with Crippen LogP contribution in [0.5, 0.6) is 11.5 Å². The van der Waals surface area contributed by atoms with Gasteiger partial charge in [-0.25, -0.2) is 4.79 Å². The van der Waals surface area contributed by atoms with Crippen molar-refractivity contribution in [1.29, 1.82) is 0 Å². The van der Waals surface area contributed by atoms with Crippen molar-refractivity contribution in [2.45, 2.75) is 32.2 Å². The third kappa shape index (κ3) is 5.71. The van der Waals surface area contributed by atoms with Gasteiger partial charge in [-0.2, -0.15) is 0 Å². The summed E-state index contributed by atoms with van der Waals surface area (Å²) >= 11 is 0. The molecule has 0 aliphatic carbocycles. The molecule has 0 amide bonds. The second-order valence-corrected chi connectivity index (χ2v) is 6.98. The first-order valence-electron chi connectivity index (χ1n) is 9.46. The highest BCUT2D eigenvalue weighted by atomic mass is 16.7. The Morgan fingerprint density at radius 3 is 2.25 bits per heavy atom. The summed E-state index contributed by atoms with van der Waals surface area (Å²) in [4.78, 5) is 11.1. The number of carbonyl (C=O) groups is 1. The molecule has 1 fully saturated rings. The fourth-order valence-electron chi connectivity index (χ4n) is 2.87. The van der Waals surface area contributed by atoms with Crippen LogP contribution in [0.3, 0.4) is 0 Å². The molecule has 2 aromatic rings. The summed E-state index contributed by atoms with van der Waals surface area (Å²) in [5, 5.41) is 9.06. The Hall–Kier alpha value is -2.57. The average molecular weight is 386 g/mol. The zero-order chi connectivity index (χ0) is 19.8. The van der Waals surface area contributed by atoms with Gasteiger partial charge in [0.05, 0.1) is 19.8 Å². The molecule has 0 bridgehead atoms. The molecule has 3 rings (SSSR count). The second-order valence-electron chi connectivity index (χ2n) is 6.98. The van der Waals surface area contributed by atoms with Crippen molar-refractivity contribution < 1.29 is 28.8 Å². The molecule has 1 aliphatic rings. The second kappa shape index (κ2) is 9.57. The van der Waals surface area contributed by atoms with E-state index in [0.29, 0.717) is 26.4 Å². The predicted molar refractivity (Wildman–Crippen MR) is 103 cm³/mol. The van der Waals surface area contributed by atoms with Crippen molar-refractivity contribution in [3.05, 3.63) is 60.2 Å². The van der Waals surface area contributed by atoms with E-state index in [9.17, 15) is 4.79 Å². The number of carboxylic acids is 1. The average Bonchev–Trinajstić information content (AvgIpc) is 2.72. The number of carboxylic acid groups (broad SMARTS) is 1. The van der Waals surface area contributed by atoms with Crippen LogP contribution < -0.4 is 9.47 Å². The van der Waals surface area contributed by atoms with Crippen LogP contribution in [0.2, 0.25) is 0 Å². The van der Waals surface area contributed by atoms with Gasteiger partial charge in [0.1, 0.15) is 18.1 Å². The molecule has 0 saturated carbocycles. The molecule has 0 radical (unpaired) electrons. The molecule has 28 heavy (non-hydrogen) atoms.